The van der Waals surface area contributed by atoms with Crippen LogP contribution in [-0.4, -0.2) is 41.2 Å². The molecule has 0 unspecified atom stereocenters. The number of nitriles is 2. The summed E-state index contributed by atoms with van der Waals surface area (Å²) in [5, 5.41) is 21.5. The van der Waals surface area contributed by atoms with Crippen LogP contribution in [0, 0.1) is 22.7 Å². The minimum atomic E-state index is -1.47. The quantitative estimate of drug-likeness (QED) is 0.595. The van der Waals surface area contributed by atoms with E-state index >= 15 is 0 Å². The number of hydrogen-bond acceptors (Lipinski definition) is 7. The average molecular weight is 413 g/mol. The van der Waals surface area contributed by atoms with Crippen LogP contribution in [0.4, 0.5) is 10.2 Å². The van der Waals surface area contributed by atoms with Crippen LogP contribution in [0.2, 0.25) is 5.15 Å². The topological polar surface area (TPSA) is 97.9 Å². The van der Waals surface area contributed by atoms with Crippen molar-refractivity contribution < 1.29 is 9.13 Å². The van der Waals surface area contributed by atoms with E-state index in [1.165, 1.54) is 0 Å². The molecule has 0 bridgehead atoms. The predicted molar refractivity (Wildman–Crippen MR) is 104 cm³/mol. The molecule has 0 radical (unpaired) electrons. The molecule has 4 rings (SSSR count). The molecule has 0 saturated carbocycles. The SMILES string of the molecule is N#CCNc1nc(Cl)c(C#N)c2c1CCN(Cc1ccc(C3(F)COC3)nc1)C2. The number of halogens is 2. The molecule has 0 aliphatic carbocycles. The zero-order valence-electron chi connectivity index (χ0n) is 15.6. The molecule has 148 valence electrons. The van der Waals surface area contributed by atoms with Gasteiger partial charge in [-0.2, -0.15) is 10.5 Å². The highest BCUT2D eigenvalue weighted by atomic mass is 35.5. The maximum atomic E-state index is 14.4. The van der Waals surface area contributed by atoms with Gasteiger partial charge >= 0.3 is 0 Å². The van der Waals surface area contributed by atoms with Crippen molar-refractivity contribution in [3.63, 3.8) is 0 Å². The van der Waals surface area contributed by atoms with Gasteiger partial charge in [-0.15, -0.1) is 0 Å². The summed E-state index contributed by atoms with van der Waals surface area (Å²) >= 11 is 6.20. The molecular weight excluding hydrogens is 395 g/mol. The minimum absolute atomic E-state index is 0.0517. The maximum absolute atomic E-state index is 14.4. The molecule has 4 heterocycles. The summed E-state index contributed by atoms with van der Waals surface area (Å²) < 4.78 is 19.3. The smallest absolute Gasteiger partial charge is 0.198 e. The van der Waals surface area contributed by atoms with Crippen LogP contribution in [-0.2, 0) is 29.9 Å². The van der Waals surface area contributed by atoms with Crippen LogP contribution in [0.5, 0.6) is 0 Å². The van der Waals surface area contributed by atoms with Gasteiger partial charge in [-0.05, 0) is 23.6 Å². The number of rotatable bonds is 5. The van der Waals surface area contributed by atoms with E-state index in [0.29, 0.717) is 36.6 Å². The summed E-state index contributed by atoms with van der Waals surface area (Å²) in [5.74, 6) is 0.562. The Kier molecular flexibility index (Phi) is 5.33. The van der Waals surface area contributed by atoms with Crippen LogP contribution in [0.25, 0.3) is 0 Å². The summed E-state index contributed by atoms with van der Waals surface area (Å²) in [7, 11) is 0. The van der Waals surface area contributed by atoms with Crippen molar-refractivity contribution in [2.24, 2.45) is 0 Å². The molecule has 0 spiro atoms. The number of nitrogens with zero attached hydrogens (tertiary/aromatic N) is 5. The number of anilines is 1. The molecule has 1 fully saturated rings. The Bertz CT molecular complexity index is 1010. The molecule has 2 aliphatic rings. The standard InChI is InChI=1S/C20H18ClFN6O/c21-18-15(7-24)16-10-28(6-3-14(16)19(27-18)25-5-4-23)9-13-1-2-17(26-8-13)20(22)11-29-12-20/h1-2,8H,3,5-6,9-12H2,(H,25,27). The molecule has 9 heteroatoms. The van der Waals surface area contributed by atoms with Gasteiger partial charge in [-0.25, -0.2) is 9.37 Å². The van der Waals surface area contributed by atoms with Crippen molar-refractivity contribution in [2.45, 2.75) is 25.2 Å². The zero-order valence-corrected chi connectivity index (χ0v) is 16.3. The number of pyridine rings is 2. The molecule has 0 aromatic carbocycles. The van der Waals surface area contributed by atoms with Crippen LogP contribution in [0.15, 0.2) is 18.3 Å². The fraction of sp³-hybridized carbons (Fsp3) is 0.400. The molecule has 7 nitrogen and oxygen atoms in total. The molecule has 2 aromatic heterocycles. The number of nitrogens with one attached hydrogen (secondary N) is 1. The van der Waals surface area contributed by atoms with Crippen LogP contribution in [0.1, 0.15) is 27.9 Å². The maximum Gasteiger partial charge on any atom is 0.198 e. The van der Waals surface area contributed by atoms with E-state index < -0.39 is 5.67 Å². The normalized spacial score (nSPS) is 17.5. The van der Waals surface area contributed by atoms with Crippen molar-refractivity contribution in [3.8, 4) is 12.1 Å². The predicted octanol–water partition coefficient (Wildman–Crippen LogP) is 2.69. The largest absolute Gasteiger partial charge is 0.374 e. The Balaban J connectivity index is 1.53. The van der Waals surface area contributed by atoms with Crippen LogP contribution >= 0.6 is 11.6 Å². The lowest BCUT2D eigenvalue weighted by atomic mass is 9.96. The minimum Gasteiger partial charge on any atom is -0.374 e. The van der Waals surface area contributed by atoms with Gasteiger partial charge < -0.3 is 10.1 Å². The second-order valence-electron chi connectivity index (χ2n) is 7.18. The van der Waals surface area contributed by atoms with Gasteiger partial charge in [0, 0.05) is 31.4 Å². The lowest BCUT2D eigenvalue weighted by Crippen LogP contribution is -2.43. The van der Waals surface area contributed by atoms with E-state index in [9.17, 15) is 9.65 Å². The summed E-state index contributed by atoms with van der Waals surface area (Å²) in [5.41, 5.74) is 2.01. The highest BCUT2D eigenvalue weighted by Crippen LogP contribution is 2.33. The lowest BCUT2D eigenvalue weighted by molar-refractivity contribution is -0.137. The van der Waals surface area contributed by atoms with Crippen molar-refractivity contribution in [1.82, 2.24) is 14.9 Å². The Morgan fingerprint density at radius 3 is 2.76 bits per heavy atom. The van der Waals surface area contributed by atoms with Crippen LogP contribution < -0.4 is 5.32 Å². The summed E-state index contributed by atoms with van der Waals surface area (Å²) in [4.78, 5) is 10.7. The fourth-order valence-electron chi connectivity index (χ4n) is 3.64. The fourth-order valence-corrected chi connectivity index (χ4v) is 3.89. The van der Waals surface area contributed by atoms with E-state index in [-0.39, 0.29) is 24.9 Å². The number of hydrogen-bond donors (Lipinski definition) is 1. The lowest BCUT2D eigenvalue weighted by Gasteiger charge is -2.33. The number of alkyl halides is 1. The van der Waals surface area contributed by atoms with E-state index in [2.05, 4.69) is 26.3 Å². The van der Waals surface area contributed by atoms with E-state index in [1.54, 1.807) is 12.3 Å². The molecule has 2 aromatic rings. The molecule has 29 heavy (non-hydrogen) atoms. The zero-order chi connectivity index (χ0) is 20.4. The highest BCUT2D eigenvalue weighted by molar-refractivity contribution is 6.30. The first-order chi connectivity index (χ1) is 14.0. The first-order valence-corrected chi connectivity index (χ1v) is 9.58. The van der Waals surface area contributed by atoms with Gasteiger partial charge in [0.25, 0.3) is 0 Å². The number of aromatic nitrogens is 2. The van der Waals surface area contributed by atoms with Gasteiger partial charge in [0.2, 0.25) is 0 Å². The Morgan fingerprint density at radius 2 is 2.14 bits per heavy atom. The Morgan fingerprint density at radius 1 is 1.31 bits per heavy atom. The third-order valence-corrected chi connectivity index (χ3v) is 5.50. The molecule has 1 N–H and O–H groups in total. The second kappa shape index (κ2) is 7.92. The average Bonchev–Trinajstić information content (AvgIpc) is 2.71. The van der Waals surface area contributed by atoms with Gasteiger partial charge in [-0.1, -0.05) is 17.7 Å². The Hall–Kier alpha value is -2.78. The van der Waals surface area contributed by atoms with Crippen molar-refractivity contribution in [3.05, 3.63) is 51.4 Å². The monoisotopic (exact) mass is 412 g/mol. The molecule has 0 atom stereocenters. The summed E-state index contributed by atoms with van der Waals surface area (Å²) in [6.07, 6.45) is 2.37. The summed E-state index contributed by atoms with van der Waals surface area (Å²) in [6.45, 7) is 2.13. The third kappa shape index (κ3) is 3.75. The molecular formula is C20H18ClFN6O. The van der Waals surface area contributed by atoms with E-state index in [4.69, 9.17) is 21.6 Å². The van der Waals surface area contributed by atoms with Crippen molar-refractivity contribution in [1.29, 1.82) is 10.5 Å². The van der Waals surface area contributed by atoms with Gasteiger partial charge in [0.1, 0.15) is 23.6 Å². The third-order valence-electron chi connectivity index (χ3n) is 5.23. The van der Waals surface area contributed by atoms with Crippen molar-refractivity contribution in [2.75, 3.05) is 31.6 Å². The van der Waals surface area contributed by atoms with Crippen LogP contribution in [0.3, 0.4) is 0 Å². The number of fused-ring (bicyclic) bond motifs is 1. The van der Waals surface area contributed by atoms with E-state index in [0.717, 1.165) is 23.2 Å². The van der Waals surface area contributed by atoms with Gasteiger partial charge in [-0.3, -0.25) is 9.88 Å². The van der Waals surface area contributed by atoms with Gasteiger partial charge in [0.15, 0.2) is 5.67 Å². The van der Waals surface area contributed by atoms with E-state index in [1.807, 2.05) is 12.1 Å². The molecule has 0 amide bonds. The van der Waals surface area contributed by atoms with Crippen molar-refractivity contribution >= 4 is 17.4 Å². The Labute approximate surface area is 172 Å². The molecule has 1 saturated heterocycles. The van der Waals surface area contributed by atoms with Gasteiger partial charge in [0.05, 0.1) is 30.5 Å². The first-order valence-electron chi connectivity index (χ1n) is 9.20. The number of ether oxygens (including phenoxy) is 1. The first kappa shape index (κ1) is 19.5. The summed E-state index contributed by atoms with van der Waals surface area (Å²) in [6, 6.07) is 7.76. The highest BCUT2D eigenvalue weighted by Gasteiger charge is 2.42. The second-order valence-corrected chi connectivity index (χ2v) is 7.54. The molecule has 2 aliphatic heterocycles.